The van der Waals surface area contributed by atoms with Crippen LogP contribution in [0, 0.1) is 0 Å². The Balaban J connectivity index is 2.39. The van der Waals surface area contributed by atoms with E-state index in [0.717, 1.165) is 0 Å². The zero-order valence-corrected chi connectivity index (χ0v) is 13.8. The summed E-state index contributed by atoms with van der Waals surface area (Å²) in [5.74, 6) is 0. The Bertz CT molecular complexity index is 402. The highest BCUT2D eigenvalue weighted by atomic mass is 35.6. The molecule has 0 aromatic heterocycles. The van der Waals surface area contributed by atoms with Crippen LogP contribution in [0.5, 0.6) is 0 Å². The Labute approximate surface area is 117 Å². The van der Waals surface area contributed by atoms with Crippen LogP contribution in [0.25, 0.3) is 0 Å². The standard InChI is InChI=1S/C16H25ClSi/c1-15(2,14-10-6-5-7-11-14)18(4,17)16(3)12-8-9-13-16/h5-7,10-11H,8-9,12-13H2,1-4H3. The highest BCUT2D eigenvalue weighted by Crippen LogP contribution is 2.59. The van der Waals surface area contributed by atoms with E-state index in [9.17, 15) is 0 Å². The van der Waals surface area contributed by atoms with Crippen LogP contribution in [0.3, 0.4) is 0 Å². The lowest BCUT2D eigenvalue weighted by molar-refractivity contribution is 0.565. The predicted octanol–water partition coefficient (Wildman–Crippen LogP) is 5.65. The van der Waals surface area contributed by atoms with Gasteiger partial charge in [0.15, 0.2) is 7.38 Å². The van der Waals surface area contributed by atoms with Gasteiger partial charge in [0.2, 0.25) is 0 Å². The summed E-state index contributed by atoms with van der Waals surface area (Å²) in [6.45, 7) is 9.52. The van der Waals surface area contributed by atoms with Gasteiger partial charge in [-0.05, 0) is 28.5 Å². The Morgan fingerprint density at radius 3 is 2.11 bits per heavy atom. The van der Waals surface area contributed by atoms with E-state index in [1.807, 2.05) is 0 Å². The van der Waals surface area contributed by atoms with Gasteiger partial charge in [0.25, 0.3) is 0 Å². The summed E-state index contributed by atoms with van der Waals surface area (Å²) in [6, 6.07) is 10.8. The number of hydrogen-bond donors (Lipinski definition) is 0. The average Bonchev–Trinajstić information content (AvgIpc) is 2.79. The number of hydrogen-bond acceptors (Lipinski definition) is 0. The maximum atomic E-state index is 7.25. The van der Waals surface area contributed by atoms with Gasteiger partial charge >= 0.3 is 0 Å². The number of halogens is 1. The van der Waals surface area contributed by atoms with Crippen LogP contribution >= 0.6 is 11.1 Å². The topological polar surface area (TPSA) is 0 Å². The molecule has 0 spiro atoms. The van der Waals surface area contributed by atoms with E-state index < -0.39 is 7.38 Å². The summed E-state index contributed by atoms with van der Waals surface area (Å²) in [7, 11) is -1.89. The van der Waals surface area contributed by atoms with Crippen LogP contribution in [-0.4, -0.2) is 7.38 Å². The smallest absolute Gasteiger partial charge is 0.166 e. The largest absolute Gasteiger partial charge is 0.169 e. The van der Waals surface area contributed by atoms with Crippen molar-refractivity contribution in [1.82, 2.24) is 0 Å². The first-order chi connectivity index (χ1) is 8.31. The Kier molecular flexibility index (Phi) is 3.68. The number of benzene rings is 1. The van der Waals surface area contributed by atoms with Crippen molar-refractivity contribution in [3.05, 3.63) is 35.9 Å². The van der Waals surface area contributed by atoms with Gasteiger partial charge < -0.3 is 0 Å². The van der Waals surface area contributed by atoms with Gasteiger partial charge in [-0.2, -0.15) is 11.1 Å². The van der Waals surface area contributed by atoms with Crippen molar-refractivity contribution in [2.75, 3.05) is 0 Å². The first-order valence-electron chi connectivity index (χ1n) is 7.06. The second kappa shape index (κ2) is 4.68. The van der Waals surface area contributed by atoms with Crippen LogP contribution in [0.4, 0.5) is 0 Å². The summed E-state index contributed by atoms with van der Waals surface area (Å²) in [5, 5.41) is 0.503. The van der Waals surface area contributed by atoms with Crippen molar-refractivity contribution < 1.29 is 0 Å². The molecule has 1 saturated carbocycles. The molecule has 18 heavy (non-hydrogen) atoms. The maximum absolute atomic E-state index is 7.25. The van der Waals surface area contributed by atoms with E-state index in [4.69, 9.17) is 11.1 Å². The van der Waals surface area contributed by atoms with Crippen molar-refractivity contribution in [3.8, 4) is 0 Å². The SMILES string of the molecule is CC1([Si](C)(Cl)C(C)(C)c2ccccc2)CCCC1. The summed E-state index contributed by atoms with van der Waals surface area (Å²) in [5.41, 5.74) is 1.40. The lowest BCUT2D eigenvalue weighted by atomic mass is 10.0. The Morgan fingerprint density at radius 1 is 1.11 bits per heavy atom. The lowest BCUT2D eigenvalue weighted by Crippen LogP contribution is -2.53. The summed E-state index contributed by atoms with van der Waals surface area (Å²) >= 11 is 7.25. The third-order valence-corrected chi connectivity index (χ3v) is 13.7. The lowest BCUT2D eigenvalue weighted by Gasteiger charge is -2.48. The van der Waals surface area contributed by atoms with Gasteiger partial charge in [0.1, 0.15) is 0 Å². The van der Waals surface area contributed by atoms with Crippen LogP contribution in [0.15, 0.2) is 30.3 Å². The molecule has 0 radical (unpaired) electrons. The second-order valence-electron chi connectivity index (χ2n) is 6.76. The molecule has 100 valence electrons. The fraction of sp³-hybridized carbons (Fsp3) is 0.625. The molecule has 2 heteroatoms. The van der Waals surface area contributed by atoms with Crippen LogP contribution in [0.2, 0.25) is 11.6 Å². The monoisotopic (exact) mass is 280 g/mol. The maximum Gasteiger partial charge on any atom is 0.169 e. The van der Waals surface area contributed by atoms with Crippen molar-refractivity contribution in [2.24, 2.45) is 0 Å². The quantitative estimate of drug-likeness (QED) is 0.496. The highest BCUT2D eigenvalue weighted by Gasteiger charge is 2.56. The molecule has 0 N–H and O–H groups in total. The van der Waals surface area contributed by atoms with Gasteiger partial charge in [-0.1, -0.05) is 70.5 Å². The summed E-state index contributed by atoms with van der Waals surface area (Å²) < 4.78 is 0. The Morgan fingerprint density at radius 2 is 1.61 bits per heavy atom. The first-order valence-corrected chi connectivity index (χ1v) is 10.6. The minimum atomic E-state index is -1.89. The van der Waals surface area contributed by atoms with E-state index in [1.54, 1.807) is 0 Å². The molecule has 0 amide bonds. The van der Waals surface area contributed by atoms with Crippen molar-refractivity contribution in [3.63, 3.8) is 0 Å². The molecule has 0 bridgehead atoms. The van der Waals surface area contributed by atoms with Crippen molar-refractivity contribution in [2.45, 2.75) is 63.1 Å². The number of rotatable bonds is 3. The molecule has 0 saturated heterocycles. The minimum absolute atomic E-state index is 0.120. The fourth-order valence-electron chi connectivity index (χ4n) is 3.51. The fourth-order valence-corrected chi connectivity index (χ4v) is 7.91. The van der Waals surface area contributed by atoms with E-state index in [-0.39, 0.29) is 5.04 Å². The van der Waals surface area contributed by atoms with E-state index in [1.165, 1.54) is 31.2 Å². The molecule has 1 aliphatic rings. The molecular weight excluding hydrogens is 256 g/mol. The van der Waals surface area contributed by atoms with E-state index in [0.29, 0.717) is 5.04 Å². The first kappa shape index (κ1) is 14.1. The second-order valence-corrected chi connectivity index (χ2v) is 13.5. The third-order valence-electron chi connectivity index (χ3n) is 5.51. The van der Waals surface area contributed by atoms with Crippen molar-refractivity contribution >= 4 is 18.5 Å². The zero-order chi connectivity index (χ0) is 13.4. The molecule has 1 aromatic rings. The molecule has 0 nitrogen and oxygen atoms in total. The predicted molar refractivity (Wildman–Crippen MR) is 83.8 cm³/mol. The normalized spacial score (nSPS) is 22.7. The van der Waals surface area contributed by atoms with Gasteiger partial charge in [-0.3, -0.25) is 0 Å². The molecule has 1 unspecified atom stereocenters. The van der Waals surface area contributed by atoms with Crippen LogP contribution < -0.4 is 0 Å². The molecular formula is C16H25ClSi. The third kappa shape index (κ3) is 2.06. The Hall–Kier alpha value is -0.273. The van der Waals surface area contributed by atoms with E-state index >= 15 is 0 Å². The minimum Gasteiger partial charge on any atom is -0.166 e. The van der Waals surface area contributed by atoms with Crippen molar-refractivity contribution in [1.29, 1.82) is 0 Å². The van der Waals surface area contributed by atoms with Gasteiger partial charge in [0.05, 0.1) is 0 Å². The van der Waals surface area contributed by atoms with Crippen LogP contribution in [-0.2, 0) is 5.04 Å². The van der Waals surface area contributed by atoms with Gasteiger partial charge in [-0.25, -0.2) is 0 Å². The summed E-state index contributed by atoms with van der Waals surface area (Å²) in [6.07, 6.45) is 5.35. The molecule has 1 atom stereocenters. The molecule has 1 fully saturated rings. The summed E-state index contributed by atoms with van der Waals surface area (Å²) in [4.78, 5) is 0. The highest BCUT2D eigenvalue weighted by molar-refractivity contribution is 7.22. The van der Waals surface area contributed by atoms with Crippen LogP contribution in [0.1, 0.15) is 52.0 Å². The molecule has 0 aliphatic heterocycles. The average molecular weight is 281 g/mol. The van der Waals surface area contributed by atoms with E-state index in [2.05, 4.69) is 57.7 Å². The van der Waals surface area contributed by atoms with Gasteiger partial charge in [0, 0.05) is 0 Å². The molecule has 2 rings (SSSR count). The molecule has 0 heterocycles. The zero-order valence-electron chi connectivity index (χ0n) is 12.1. The molecule has 1 aliphatic carbocycles. The van der Waals surface area contributed by atoms with Gasteiger partial charge in [-0.15, -0.1) is 0 Å². The molecule has 1 aromatic carbocycles.